The number of hydrogen-bond donors (Lipinski definition) is 1. The lowest BCUT2D eigenvalue weighted by Crippen LogP contribution is -2.34. The number of carbonyl (C=O) groups excluding carboxylic acids is 2. The van der Waals surface area contributed by atoms with Gasteiger partial charge in [0.2, 0.25) is 5.91 Å². The van der Waals surface area contributed by atoms with E-state index in [1.54, 1.807) is 29.2 Å². The van der Waals surface area contributed by atoms with Gasteiger partial charge < -0.3 is 10.2 Å². The molecule has 0 bridgehead atoms. The lowest BCUT2D eigenvalue weighted by Gasteiger charge is -2.26. The van der Waals surface area contributed by atoms with Crippen LogP contribution in [0, 0.1) is 0 Å². The van der Waals surface area contributed by atoms with Crippen LogP contribution < -0.4 is 5.32 Å². The van der Waals surface area contributed by atoms with Crippen LogP contribution in [-0.4, -0.2) is 38.0 Å². The molecule has 0 unspecified atom stereocenters. The lowest BCUT2D eigenvalue weighted by molar-refractivity contribution is -0.133. The Morgan fingerprint density at radius 2 is 1.93 bits per heavy atom. The van der Waals surface area contributed by atoms with E-state index in [1.165, 1.54) is 0 Å². The molecule has 0 aliphatic carbocycles. The Balaban J connectivity index is 1.34. The molecule has 1 aliphatic rings. The van der Waals surface area contributed by atoms with E-state index in [1.807, 2.05) is 41.4 Å². The highest BCUT2D eigenvalue weighted by atomic mass is 16.2. The number of piperidine rings is 1. The fourth-order valence-corrected chi connectivity index (χ4v) is 3.40. The number of pyridine rings is 1. The van der Waals surface area contributed by atoms with E-state index < -0.39 is 0 Å². The van der Waals surface area contributed by atoms with Gasteiger partial charge in [-0.3, -0.25) is 9.59 Å². The first-order chi connectivity index (χ1) is 14.2. The highest BCUT2D eigenvalue weighted by Crippen LogP contribution is 2.15. The predicted octanol–water partition coefficient (Wildman–Crippen LogP) is 2.71. The Labute approximate surface area is 169 Å². The summed E-state index contributed by atoms with van der Waals surface area (Å²) in [5, 5.41) is 7.10. The van der Waals surface area contributed by atoms with Crippen molar-refractivity contribution in [1.29, 1.82) is 0 Å². The fraction of sp³-hybridized carbons (Fsp3) is 0.273. The second-order valence-corrected chi connectivity index (χ2v) is 7.12. The summed E-state index contributed by atoms with van der Waals surface area (Å²) >= 11 is 0. The molecular weight excluding hydrogens is 366 g/mol. The molecule has 3 heterocycles. The van der Waals surface area contributed by atoms with E-state index in [0.29, 0.717) is 30.9 Å². The standard InChI is InChI=1S/C22H23N5O2/c28-21-4-1-2-12-26(21)16-17-5-7-19(8-6-17)22(29)24-15-18-9-11-23-20(14-18)27-13-3-10-25-27/h3,5-11,13-14H,1-2,4,12,15-16H2,(H,24,29). The van der Waals surface area contributed by atoms with Crippen molar-refractivity contribution in [3.05, 3.63) is 77.7 Å². The molecule has 0 saturated carbocycles. The lowest BCUT2D eigenvalue weighted by atomic mass is 10.1. The van der Waals surface area contributed by atoms with Crippen molar-refractivity contribution in [2.75, 3.05) is 6.54 Å². The second-order valence-electron chi connectivity index (χ2n) is 7.12. The van der Waals surface area contributed by atoms with Crippen LogP contribution in [0.3, 0.4) is 0 Å². The Morgan fingerprint density at radius 1 is 1.07 bits per heavy atom. The topological polar surface area (TPSA) is 80.1 Å². The van der Waals surface area contributed by atoms with Gasteiger partial charge in [-0.15, -0.1) is 0 Å². The van der Waals surface area contributed by atoms with Gasteiger partial charge in [0.1, 0.15) is 0 Å². The highest BCUT2D eigenvalue weighted by Gasteiger charge is 2.18. The van der Waals surface area contributed by atoms with Crippen LogP contribution in [0.4, 0.5) is 0 Å². The molecule has 4 rings (SSSR count). The van der Waals surface area contributed by atoms with Crippen molar-refractivity contribution in [3.8, 4) is 5.82 Å². The number of nitrogens with zero attached hydrogens (tertiary/aromatic N) is 4. The average molecular weight is 389 g/mol. The average Bonchev–Trinajstić information content (AvgIpc) is 3.29. The molecule has 0 spiro atoms. The van der Waals surface area contributed by atoms with E-state index in [2.05, 4.69) is 15.4 Å². The minimum absolute atomic E-state index is 0.136. The van der Waals surface area contributed by atoms with E-state index in [4.69, 9.17) is 0 Å². The zero-order chi connectivity index (χ0) is 20.1. The van der Waals surface area contributed by atoms with Gasteiger partial charge in [0, 0.05) is 50.2 Å². The first-order valence-electron chi connectivity index (χ1n) is 9.79. The quantitative estimate of drug-likeness (QED) is 0.703. The van der Waals surface area contributed by atoms with E-state index in [-0.39, 0.29) is 11.8 Å². The monoisotopic (exact) mass is 389 g/mol. The van der Waals surface area contributed by atoms with Gasteiger partial charge in [-0.1, -0.05) is 12.1 Å². The first kappa shape index (κ1) is 18.9. The SMILES string of the molecule is O=C(NCc1ccnc(-n2cccn2)c1)c1ccc(CN2CCCCC2=O)cc1. The molecule has 0 atom stereocenters. The van der Waals surface area contributed by atoms with Crippen LogP contribution >= 0.6 is 0 Å². The predicted molar refractivity (Wildman–Crippen MR) is 108 cm³/mol. The third-order valence-corrected chi connectivity index (χ3v) is 5.01. The molecule has 1 aromatic carbocycles. The summed E-state index contributed by atoms with van der Waals surface area (Å²) in [6.07, 6.45) is 7.90. The summed E-state index contributed by atoms with van der Waals surface area (Å²) in [6.45, 7) is 1.82. The van der Waals surface area contributed by atoms with Crippen molar-refractivity contribution in [1.82, 2.24) is 25.0 Å². The molecule has 2 aromatic heterocycles. The summed E-state index contributed by atoms with van der Waals surface area (Å²) in [7, 11) is 0. The van der Waals surface area contributed by atoms with Crippen LogP contribution in [-0.2, 0) is 17.9 Å². The van der Waals surface area contributed by atoms with Gasteiger partial charge in [-0.05, 0) is 54.3 Å². The fourth-order valence-electron chi connectivity index (χ4n) is 3.40. The normalized spacial score (nSPS) is 14.1. The minimum Gasteiger partial charge on any atom is -0.348 e. The molecule has 1 saturated heterocycles. The summed E-state index contributed by atoms with van der Waals surface area (Å²) in [6, 6.07) is 13.0. The zero-order valence-electron chi connectivity index (χ0n) is 16.1. The number of carbonyl (C=O) groups is 2. The second kappa shape index (κ2) is 8.68. The number of amides is 2. The van der Waals surface area contributed by atoms with Gasteiger partial charge >= 0.3 is 0 Å². The Morgan fingerprint density at radius 3 is 2.69 bits per heavy atom. The number of nitrogens with one attached hydrogen (secondary N) is 1. The third-order valence-electron chi connectivity index (χ3n) is 5.01. The van der Waals surface area contributed by atoms with E-state index >= 15 is 0 Å². The van der Waals surface area contributed by atoms with Gasteiger partial charge in [0.05, 0.1) is 0 Å². The van der Waals surface area contributed by atoms with Crippen LogP contribution in [0.5, 0.6) is 0 Å². The molecule has 1 aliphatic heterocycles. The molecule has 2 amide bonds. The molecule has 0 radical (unpaired) electrons. The van der Waals surface area contributed by atoms with E-state index in [0.717, 1.165) is 30.5 Å². The van der Waals surface area contributed by atoms with E-state index in [9.17, 15) is 9.59 Å². The van der Waals surface area contributed by atoms with Crippen LogP contribution in [0.2, 0.25) is 0 Å². The smallest absolute Gasteiger partial charge is 0.251 e. The Kier molecular flexibility index (Phi) is 5.65. The first-order valence-corrected chi connectivity index (χ1v) is 9.79. The van der Waals surface area contributed by atoms with Crippen molar-refractivity contribution in [2.24, 2.45) is 0 Å². The number of rotatable bonds is 6. The van der Waals surface area contributed by atoms with Gasteiger partial charge in [0.25, 0.3) is 5.91 Å². The molecule has 7 heteroatoms. The summed E-state index contributed by atoms with van der Waals surface area (Å²) in [5.74, 6) is 0.784. The molecule has 7 nitrogen and oxygen atoms in total. The molecular formula is C22H23N5O2. The summed E-state index contributed by atoms with van der Waals surface area (Å²) in [5.41, 5.74) is 2.58. The van der Waals surface area contributed by atoms with Crippen molar-refractivity contribution < 1.29 is 9.59 Å². The zero-order valence-corrected chi connectivity index (χ0v) is 16.1. The number of hydrogen-bond acceptors (Lipinski definition) is 4. The van der Waals surface area contributed by atoms with Crippen LogP contribution in [0.1, 0.15) is 40.7 Å². The maximum absolute atomic E-state index is 12.5. The van der Waals surface area contributed by atoms with Gasteiger partial charge in [-0.2, -0.15) is 5.10 Å². The molecule has 1 fully saturated rings. The molecule has 1 N–H and O–H groups in total. The molecule has 29 heavy (non-hydrogen) atoms. The highest BCUT2D eigenvalue weighted by molar-refractivity contribution is 5.94. The summed E-state index contributed by atoms with van der Waals surface area (Å²) < 4.78 is 1.68. The van der Waals surface area contributed by atoms with Crippen molar-refractivity contribution in [2.45, 2.75) is 32.4 Å². The van der Waals surface area contributed by atoms with Gasteiger partial charge in [0.15, 0.2) is 5.82 Å². The molecule has 148 valence electrons. The maximum atomic E-state index is 12.5. The summed E-state index contributed by atoms with van der Waals surface area (Å²) in [4.78, 5) is 30.6. The molecule has 3 aromatic rings. The Bertz CT molecular complexity index is 983. The van der Waals surface area contributed by atoms with Crippen molar-refractivity contribution >= 4 is 11.8 Å². The van der Waals surface area contributed by atoms with Crippen LogP contribution in [0.25, 0.3) is 5.82 Å². The van der Waals surface area contributed by atoms with Gasteiger partial charge in [-0.25, -0.2) is 9.67 Å². The minimum atomic E-state index is -0.136. The number of aromatic nitrogens is 3. The number of likely N-dealkylation sites (tertiary alicyclic amines) is 1. The van der Waals surface area contributed by atoms with Crippen molar-refractivity contribution in [3.63, 3.8) is 0 Å². The number of benzene rings is 1. The largest absolute Gasteiger partial charge is 0.348 e. The van der Waals surface area contributed by atoms with Crippen LogP contribution in [0.15, 0.2) is 61.1 Å². The maximum Gasteiger partial charge on any atom is 0.251 e. The Hall–Kier alpha value is -3.48. The third kappa shape index (κ3) is 4.68.